The van der Waals surface area contributed by atoms with Crippen molar-refractivity contribution in [3.05, 3.63) is 101 Å². The SMILES string of the molecule is O=C(NCCSCc1ccc(Cl)cc1)c1cccc(CN2CCN(S(=O)(=O)c3ccccc3)CC2)c1. The number of piperazine rings is 1. The molecule has 190 valence electrons. The maximum absolute atomic E-state index is 12.8. The Hall–Kier alpha value is -2.36. The van der Waals surface area contributed by atoms with Gasteiger partial charge in [-0.3, -0.25) is 9.69 Å². The number of thioether (sulfide) groups is 1. The maximum Gasteiger partial charge on any atom is 0.251 e. The second-order valence-corrected chi connectivity index (χ2v) is 12.1. The molecule has 0 radical (unpaired) electrons. The summed E-state index contributed by atoms with van der Waals surface area (Å²) < 4.78 is 27.2. The number of nitrogens with zero attached hydrogens (tertiary/aromatic N) is 2. The molecule has 1 fully saturated rings. The predicted molar refractivity (Wildman–Crippen MR) is 147 cm³/mol. The third-order valence-electron chi connectivity index (χ3n) is 6.02. The van der Waals surface area contributed by atoms with Gasteiger partial charge < -0.3 is 5.32 Å². The molecule has 0 atom stereocenters. The van der Waals surface area contributed by atoms with E-state index in [-0.39, 0.29) is 5.91 Å². The highest BCUT2D eigenvalue weighted by molar-refractivity contribution is 7.98. The molecule has 1 amide bonds. The molecule has 6 nitrogen and oxygen atoms in total. The van der Waals surface area contributed by atoms with Crippen LogP contribution in [-0.4, -0.2) is 62.0 Å². The van der Waals surface area contributed by atoms with Crippen molar-refractivity contribution in [2.75, 3.05) is 38.5 Å². The molecule has 4 rings (SSSR count). The number of carbonyl (C=O) groups excluding carboxylic acids is 1. The Labute approximate surface area is 222 Å². The van der Waals surface area contributed by atoms with Gasteiger partial charge in [-0.05, 0) is 47.5 Å². The minimum Gasteiger partial charge on any atom is -0.351 e. The lowest BCUT2D eigenvalue weighted by atomic mass is 10.1. The van der Waals surface area contributed by atoms with Gasteiger partial charge in [0.2, 0.25) is 10.0 Å². The highest BCUT2D eigenvalue weighted by Crippen LogP contribution is 2.19. The molecule has 9 heteroatoms. The van der Waals surface area contributed by atoms with Crippen molar-refractivity contribution in [3.63, 3.8) is 0 Å². The first-order valence-electron chi connectivity index (χ1n) is 11.9. The summed E-state index contributed by atoms with van der Waals surface area (Å²) in [7, 11) is -3.46. The Morgan fingerprint density at radius 1 is 0.889 bits per heavy atom. The van der Waals surface area contributed by atoms with E-state index in [2.05, 4.69) is 10.2 Å². The third-order valence-corrected chi connectivity index (χ3v) is 9.22. The summed E-state index contributed by atoms with van der Waals surface area (Å²) in [6.45, 7) is 3.47. The number of hydrogen-bond donors (Lipinski definition) is 1. The average molecular weight is 544 g/mol. The van der Waals surface area contributed by atoms with Crippen LogP contribution in [0.15, 0.2) is 83.8 Å². The molecule has 36 heavy (non-hydrogen) atoms. The van der Waals surface area contributed by atoms with E-state index < -0.39 is 10.0 Å². The Kier molecular flexibility index (Phi) is 9.45. The standard InChI is InChI=1S/C27H30ClN3O3S2/c28-25-11-9-22(10-12-25)21-35-18-13-29-27(32)24-6-4-5-23(19-24)20-30-14-16-31(17-15-30)36(33,34)26-7-2-1-3-8-26/h1-12,19H,13-18,20-21H2,(H,29,32). The molecule has 0 spiro atoms. The van der Waals surface area contributed by atoms with Gasteiger partial charge >= 0.3 is 0 Å². The molecule has 3 aromatic carbocycles. The van der Waals surface area contributed by atoms with Gasteiger partial charge in [-0.15, -0.1) is 0 Å². The minimum atomic E-state index is -3.46. The first-order valence-corrected chi connectivity index (χ1v) is 14.9. The molecule has 1 saturated heterocycles. The monoisotopic (exact) mass is 543 g/mol. The van der Waals surface area contributed by atoms with Crippen molar-refractivity contribution in [3.8, 4) is 0 Å². The molecular weight excluding hydrogens is 514 g/mol. The zero-order chi connectivity index (χ0) is 25.4. The van der Waals surface area contributed by atoms with Gasteiger partial charge in [0.15, 0.2) is 0 Å². The summed E-state index contributed by atoms with van der Waals surface area (Å²) in [6.07, 6.45) is 0. The van der Waals surface area contributed by atoms with Crippen molar-refractivity contribution in [2.45, 2.75) is 17.2 Å². The van der Waals surface area contributed by atoms with Crippen molar-refractivity contribution in [2.24, 2.45) is 0 Å². The van der Waals surface area contributed by atoms with Crippen LogP contribution in [0, 0.1) is 0 Å². The van der Waals surface area contributed by atoms with Crippen molar-refractivity contribution >= 4 is 39.3 Å². The summed E-state index contributed by atoms with van der Waals surface area (Å²) in [6, 6.07) is 24.0. The molecule has 1 heterocycles. The second kappa shape index (κ2) is 12.7. The van der Waals surface area contributed by atoms with Gasteiger partial charge in [0.1, 0.15) is 0 Å². The summed E-state index contributed by atoms with van der Waals surface area (Å²) in [4.78, 5) is 15.2. The van der Waals surface area contributed by atoms with Gasteiger partial charge in [0.05, 0.1) is 4.90 Å². The van der Waals surface area contributed by atoms with Crippen LogP contribution in [-0.2, 0) is 22.3 Å². The van der Waals surface area contributed by atoms with E-state index in [0.29, 0.717) is 49.7 Å². The number of sulfonamides is 1. The smallest absolute Gasteiger partial charge is 0.251 e. The van der Waals surface area contributed by atoms with E-state index in [4.69, 9.17) is 11.6 Å². The fraction of sp³-hybridized carbons (Fsp3) is 0.296. The fourth-order valence-corrected chi connectivity index (χ4v) is 6.44. The van der Waals surface area contributed by atoms with Crippen LogP contribution in [0.1, 0.15) is 21.5 Å². The average Bonchev–Trinajstić information content (AvgIpc) is 2.90. The van der Waals surface area contributed by atoms with Gasteiger partial charge in [-0.2, -0.15) is 16.1 Å². The number of hydrogen-bond acceptors (Lipinski definition) is 5. The number of halogens is 1. The van der Waals surface area contributed by atoms with Crippen molar-refractivity contribution < 1.29 is 13.2 Å². The summed E-state index contributed by atoms with van der Waals surface area (Å²) in [5.74, 6) is 1.62. The maximum atomic E-state index is 12.8. The van der Waals surface area contributed by atoms with E-state index in [0.717, 1.165) is 22.1 Å². The van der Waals surface area contributed by atoms with Gasteiger partial charge in [0, 0.05) is 61.4 Å². The Balaban J connectivity index is 1.21. The first kappa shape index (κ1) is 26.7. The quantitative estimate of drug-likeness (QED) is 0.381. The van der Waals surface area contributed by atoms with Crippen molar-refractivity contribution in [1.82, 2.24) is 14.5 Å². The van der Waals surface area contributed by atoms with E-state index in [1.165, 1.54) is 5.56 Å². The Morgan fingerprint density at radius 3 is 2.33 bits per heavy atom. The number of amides is 1. The minimum absolute atomic E-state index is 0.0808. The number of rotatable bonds is 10. The number of nitrogens with one attached hydrogen (secondary N) is 1. The van der Waals surface area contributed by atoms with Gasteiger partial charge in [-0.1, -0.05) is 54.1 Å². The molecule has 1 aliphatic heterocycles. The molecule has 0 bridgehead atoms. The summed E-state index contributed by atoms with van der Waals surface area (Å²) in [5.41, 5.74) is 2.89. The normalized spacial score (nSPS) is 15.0. The molecular formula is C27H30ClN3O3S2. The van der Waals surface area contributed by atoms with Gasteiger partial charge in [0.25, 0.3) is 5.91 Å². The largest absolute Gasteiger partial charge is 0.351 e. The molecule has 1 N–H and O–H groups in total. The highest BCUT2D eigenvalue weighted by atomic mass is 35.5. The molecule has 0 saturated carbocycles. The Morgan fingerprint density at radius 2 is 1.61 bits per heavy atom. The molecule has 0 aromatic heterocycles. The topological polar surface area (TPSA) is 69.7 Å². The predicted octanol–water partition coefficient (Wildman–Crippen LogP) is 4.51. The lowest BCUT2D eigenvalue weighted by molar-refractivity contribution is 0.0956. The van der Waals surface area contributed by atoms with E-state index in [1.807, 2.05) is 54.6 Å². The molecule has 0 aliphatic carbocycles. The second-order valence-electron chi connectivity index (χ2n) is 8.63. The van der Waals surface area contributed by atoms with Crippen LogP contribution in [0.25, 0.3) is 0 Å². The number of carbonyl (C=O) groups is 1. The fourth-order valence-electron chi connectivity index (χ4n) is 4.05. The van der Waals surface area contributed by atoms with Gasteiger partial charge in [-0.25, -0.2) is 8.42 Å². The van der Waals surface area contributed by atoms with E-state index in [9.17, 15) is 13.2 Å². The third kappa shape index (κ3) is 7.33. The van der Waals surface area contributed by atoms with E-state index in [1.54, 1.807) is 40.3 Å². The van der Waals surface area contributed by atoms with E-state index >= 15 is 0 Å². The summed E-state index contributed by atoms with van der Waals surface area (Å²) >= 11 is 7.68. The van der Waals surface area contributed by atoms with Crippen LogP contribution in [0.5, 0.6) is 0 Å². The zero-order valence-electron chi connectivity index (χ0n) is 20.0. The summed E-state index contributed by atoms with van der Waals surface area (Å²) in [5, 5.41) is 3.73. The molecule has 0 unspecified atom stereocenters. The van der Waals surface area contributed by atoms with Crippen LogP contribution in [0.4, 0.5) is 0 Å². The Bertz CT molecular complexity index is 1250. The zero-order valence-corrected chi connectivity index (χ0v) is 22.4. The molecule has 1 aliphatic rings. The van der Waals surface area contributed by atoms with Crippen LogP contribution in [0.2, 0.25) is 5.02 Å². The van der Waals surface area contributed by atoms with Crippen molar-refractivity contribution in [1.29, 1.82) is 0 Å². The first-order chi connectivity index (χ1) is 17.4. The lowest BCUT2D eigenvalue weighted by Gasteiger charge is -2.34. The number of benzene rings is 3. The van der Waals surface area contributed by atoms with Crippen LogP contribution >= 0.6 is 23.4 Å². The lowest BCUT2D eigenvalue weighted by Crippen LogP contribution is -2.48. The van der Waals surface area contributed by atoms with Crippen LogP contribution in [0.3, 0.4) is 0 Å². The molecule has 3 aromatic rings. The van der Waals surface area contributed by atoms with Crippen LogP contribution < -0.4 is 5.32 Å². The highest BCUT2D eigenvalue weighted by Gasteiger charge is 2.28.